The van der Waals surface area contributed by atoms with E-state index >= 15 is 0 Å². The highest BCUT2D eigenvalue weighted by molar-refractivity contribution is 5.64. The lowest BCUT2D eigenvalue weighted by Crippen LogP contribution is -2.35. The first-order valence-electron chi connectivity index (χ1n) is 9.17. The number of aryl methyl sites for hydroxylation is 1. The first kappa shape index (κ1) is 16.5. The Morgan fingerprint density at radius 1 is 1.22 bits per heavy atom. The minimum absolute atomic E-state index is 0.0166. The molecule has 1 heterocycles. The Balaban J connectivity index is 1.95. The lowest BCUT2D eigenvalue weighted by atomic mass is 9.80. The summed E-state index contributed by atoms with van der Waals surface area (Å²) < 4.78 is 6.38. The molecule has 1 spiro atoms. The van der Waals surface area contributed by atoms with Crippen LogP contribution in [-0.4, -0.2) is 31.4 Å². The second-order valence-corrected chi connectivity index (χ2v) is 7.12. The summed E-state index contributed by atoms with van der Waals surface area (Å²) in [6.07, 6.45) is 10.6. The number of aliphatic imine (C=N–C) groups is 1. The van der Waals surface area contributed by atoms with Crippen LogP contribution in [0.4, 0.5) is 5.69 Å². The van der Waals surface area contributed by atoms with Crippen LogP contribution in [0.25, 0.3) is 0 Å². The molecule has 1 aliphatic carbocycles. The van der Waals surface area contributed by atoms with E-state index in [0.29, 0.717) is 0 Å². The molecule has 1 saturated carbocycles. The molecule has 0 N–H and O–H groups in total. The van der Waals surface area contributed by atoms with Crippen LogP contribution in [0.5, 0.6) is 0 Å². The first-order chi connectivity index (χ1) is 11.1. The average molecular weight is 314 g/mol. The van der Waals surface area contributed by atoms with Crippen LogP contribution >= 0.6 is 0 Å². The third-order valence-electron chi connectivity index (χ3n) is 5.47. The van der Waals surface area contributed by atoms with Gasteiger partial charge < -0.3 is 9.64 Å². The fourth-order valence-electron chi connectivity index (χ4n) is 3.90. The zero-order chi connectivity index (χ0) is 16.3. The number of benzene rings is 1. The second-order valence-electron chi connectivity index (χ2n) is 7.12. The van der Waals surface area contributed by atoms with Crippen molar-refractivity contribution in [1.29, 1.82) is 0 Å². The summed E-state index contributed by atoms with van der Waals surface area (Å²) in [5.41, 5.74) is 5.26. The molecule has 1 aromatic carbocycles. The van der Waals surface area contributed by atoms with Crippen molar-refractivity contribution in [3.63, 3.8) is 0 Å². The van der Waals surface area contributed by atoms with E-state index in [2.05, 4.69) is 37.9 Å². The van der Waals surface area contributed by atoms with Gasteiger partial charge >= 0.3 is 0 Å². The van der Waals surface area contributed by atoms with Crippen molar-refractivity contribution in [2.24, 2.45) is 4.99 Å². The Morgan fingerprint density at radius 3 is 2.65 bits per heavy atom. The van der Waals surface area contributed by atoms with Crippen molar-refractivity contribution in [3.05, 3.63) is 28.8 Å². The number of hydrogen-bond donors (Lipinski definition) is 0. The van der Waals surface area contributed by atoms with Gasteiger partial charge in [0.2, 0.25) is 0 Å². The molecule has 0 amide bonds. The molecule has 3 nitrogen and oxygen atoms in total. The third-order valence-corrected chi connectivity index (χ3v) is 5.47. The monoisotopic (exact) mass is 314 g/mol. The summed E-state index contributed by atoms with van der Waals surface area (Å²) >= 11 is 0. The van der Waals surface area contributed by atoms with Gasteiger partial charge in [-0.3, -0.25) is 0 Å². The zero-order valence-electron chi connectivity index (χ0n) is 14.9. The van der Waals surface area contributed by atoms with Crippen LogP contribution in [0.1, 0.15) is 62.1 Å². The molecule has 1 fully saturated rings. The van der Waals surface area contributed by atoms with E-state index in [0.717, 1.165) is 25.3 Å². The van der Waals surface area contributed by atoms with Gasteiger partial charge in [-0.2, -0.15) is 0 Å². The molecule has 3 heteroatoms. The van der Waals surface area contributed by atoms with Crippen molar-refractivity contribution in [1.82, 2.24) is 4.90 Å². The number of fused-ring (bicyclic) bond motifs is 2. The summed E-state index contributed by atoms with van der Waals surface area (Å²) in [4.78, 5) is 6.80. The van der Waals surface area contributed by atoms with Gasteiger partial charge in [0.15, 0.2) is 0 Å². The lowest BCUT2D eigenvalue weighted by molar-refractivity contribution is -0.0712. The van der Waals surface area contributed by atoms with E-state index in [1.165, 1.54) is 55.2 Å². The Labute approximate surface area is 140 Å². The fraction of sp³-hybridized carbons (Fsp3) is 0.650. The predicted molar refractivity (Wildman–Crippen MR) is 96.7 cm³/mol. The van der Waals surface area contributed by atoms with Gasteiger partial charge in [-0.25, -0.2) is 4.99 Å². The summed E-state index contributed by atoms with van der Waals surface area (Å²) in [6.45, 7) is 6.15. The molecular formula is C20H30N2O. The molecule has 23 heavy (non-hydrogen) atoms. The van der Waals surface area contributed by atoms with Crippen LogP contribution in [0.3, 0.4) is 0 Å². The summed E-state index contributed by atoms with van der Waals surface area (Å²) in [6, 6.07) is 4.66. The van der Waals surface area contributed by atoms with Crippen LogP contribution < -0.4 is 0 Å². The maximum atomic E-state index is 6.38. The van der Waals surface area contributed by atoms with Gasteiger partial charge in [0, 0.05) is 13.6 Å². The largest absolute Gasteiger partial charge is 0.370 e. The van der Waals surface area contributed by atoms with Crippen LogP contribution in [-0.2, 0) is 16.8 Å². The standard InChI is InChI=1S/C20H30N2O/c1-4-22(3)15-21-19-14-17-9-12-23-20(18(17)13-16(19)2)10-7-5-6-8-11-20/h13-15H,4-12H2,1-3H3/b21-15+. The van der Waals surface area contributed by atoms with Gasteiger partial charge in [0.25, 0.3) is 0 Å². The van der Waals surface area contributed by atoms with Gasteiger partial charge in [-0.05, 0) is 55.9 Å². The summed E-state index contributed by atoms with van der Waals surface area (Å²) in [5, 5.41) is 0. The first-order valence-corrected chi connectivity index (χ1v) is 9.17. The summed E-state index contributed by atoms with van der Waals surface area (Å²) in [5.74, 6) is 0. The normalized spacial score (nSPS) is 20.5. The Kier molecular flexibility index (Phi) is 5.05. The molecule has 0 unspecified atom stereocenters. The lowest BCUT2D eigenvalue weighted by Gasteiger charge is -2.39. The van der Waals surface area contributed by atoms with E-state index in [1.54, 1.807) is 0 Å². The van der Waals surface area contributed by atoms with Crippen molar-refractivity contribution in [2.75, 3.05) is 20.2 Å². The van der Waals surface area contributed by atoms with Crippen molar-refractivity contribution >= 4 is 12.0 Å². The highest BCUT2D eigenvalue weighted by atomic mass is 16.5. The quantitative estimate of drug-likeness (QED) is 0.595. The number of nitrogens with zero attached hydrogens (tertiary/aromatic N) is 2. The molecular weight excluding hydrogens is 284 g/mol. The molecule has 2 aliphatic rings. The van der Waals surface area contributed by atoms with Crippen molar-refractivity contribution in [2.45, 2.75) is 64.4 Å². The van der Waals surface area contributed by atoms with Gasteiger partial charge in [-0.1, -0.05) is 31.7 Å². The molecule has 3 rings (SSSR count). The van der Waals surface area contributed by atoms with Gasteiger partial charge in [-0.15, -0.1) is 0 Å². The van der Waals surface area contributed by atoms with E-state index < -0.39 is 0 Å². The number of ether oxygens (including phenoxy) is 1. The Hall–Kier alpha value is -1.35. The molecule has 0 bridgehead atoms. The smallest absolute Gasteiger partial charge is 0.0934 e. The van der Waals surface area contributed by atoms with Gasteiger partial charge in [0.05, 0.1) is 24.2 Å². The van der Waals surface area contributed by atoms with Crippen LogP contribution in [0.2, 0.25) is 0 Å². The molecule has 0 aromatic heterocycles. The molecule has 0 atom stereocenters. The topological polar surface area (TPSA) is 24.8 Å². The summed E-state index contributed by atoms with van der Waals surface area (Å²) in [7, 11) is 2.06. The van der Waals surface area contributed by atoms with E-state index in [9.17, 15) is 0 Å². The van der Waals surface area contributed by atoms with E-state index in [4.69, 9.17) is 9.73 Å². The highest BCUT2D eigenvalue weighted by Gasteiger charge is 2.38. The molecule has 1 aliphatic heterocycles. The Morgan fingerprint density at radius 2 is 1.96 bits per heavy atom. The average Bonchev–Trinajstić information content (AvgIpc) is 2.80. The molecule has 0 saturated heterocycles. The van der Waals surface area contributed by atoms with Crippen molar-refractivity contribution < 1.29 is 4.74 Å². The van der Waals surface area contributed by atoms with E-state index in [-0.39, 0.29) is 5.60 Å². The maximum Gasteiger partial charge on any atom is 0.0934 e. The number of hydrogen-bond acceptors (Lipinski definition) is 2. The maximum absolute atomic E-state index is 6.38. The predicted octanol–water partition coefficient (Wildman–Crippen LogP) is 4.73. The zero-order valence-corrected chi connectivity index (χ0v) is 14.9. The molecule has 126 valence electrons. The molecule has 0 radical (unpaired) electrons. The highest BCUT2D eigenvalue weighted by Crippen LogP contribution is 2.45. The minimum Gasteiger partial charge on any atom is -0.370 e. The fourth-order valence-corrected chi connectivity index (χ4v) is 3.90. The Bertz CT molecular complexity index is 571. The second kappa shape index (κ2) is 7.04. The minimum atomic E-state index is -0.0166. The third kappa shape index (κ3) is 3.45. The SMILES string of the molecule is CCN(C)/C=N/c1cc2c(cc1C)C1(CCCCCC1)OCC2. The molecule has 1 aromatic rings. The van der Waals surface area contributed by atoms with Gasteiger partial charge in [0.1, 0.15) is 0 Å². The van der Waals surface area contributed by atoms with Crippen molar-refractivity contribution in [3.8, 4) is 0 Å². The van der Waals surface area contributed by atoms with Crippen LogP contribution in [0, 0.1) is 6.92 Å². The van der Waals surface area contributed by atoms with E-state index in [1.807, 2.05) is 6.34 Å². The number of rotatable bonds is 3. The van der Waals surface area contributed by atoms with Crippen LogP contribution in [0.15, 0.2) is 17.1 Å².